The summed E-state index contributed by atoms with van der Waals surface area (Å²) in [4.78, 5) is 70.2. The number of benzene rings is 2. The molecule has 5 atom stereocenters. The van der Waals surface area contributed by atoms with Gasteiger partial charge in [-0.25, -0.2) is 17.6 Å². The minimum atomic E-state index is -4.43. The van der Waals surface area contributed by atoms with Gasteiger partial charge >= 0.3 is 6.09 Å². The Kier molecular flexibility index (Phi) is 10.6. The van der Waals surface area contributed by atoms with E-state index >= 15 is 0 Å². The first-order valence-electron chi connectivity index (χ1n) is 17.5. The van der Waals surface area contributed by atoms with Gasteiger partial charge in [0.15, 0.2) is 5.78 Å². The van der Waals surface area contributed by atoms with E-state index < -0.39 is 74.7 Å². The number of ketones is 1. The number of anilines is 1. The Morgan fingerprint density at radius 1 is 1.02 bits per heavy atom. The summed E-state index contributed by atoms with van der Waals surface area (Å²) in [5.41, 5.74) is 0.108. The molecule has 0 bridgehead atoms. The number of sulfonamides is 1. The summed E-state index contributed by atoms with van der Waals surface area (Å²) < 4.78 is 48.2. The number of carbonyl (C=O) groups is 5. The van der Waals surface area contributed by atoms with E-state index in [-0.39, 0.29) is 44.8 Å². The molecule has 0 radical (unpaired) electrons. The molecule has 3 aliphatic heterocycles. The number of fused-ring (bicyclic) bond motifs is 3. The van der Waals surface area contributed by atoms with Crippen LogP contribution in [-0.4, -0.2) is 72.3 Å². The SMILES string of the molecule is C[C@H]1CCCCC/C=C\[C@@H]2C[C@@]2(C(=O)NS(=O)(=O)CC(=O)Nc2ccccc2)CC(=O)[C@@H]2C[C@@H](OC(=O)N3Cc4cccc(F)c4C3)CN2C1=O. The molecule has 2 aromatic rings. The van der Waals surface area contributed by atoms with E-state index in [0.29, 0.717) is 23.2 Å². The number of ether oxygens (including phenoxy) is 1. The summed E-state index contributed by atoms with van der Waals surface area (Å²) in [6.45, 7) is 2.00. The number of rotatable bonds is 6. The lowest BCUT2D eigenvalue weighted by molar-refractivity contribution is -0.141. The predicted octanol–water partition coefficient (Wildman–Crippen LogP) is 4.45. The molecule has 6 rings (SSSR count). The number of carbonyl (C=O) groups excluding carboxylic acids is 5. The average Bonchev–Trinajstić information content (AvgIpc) is 3.38. The summed E-state index contributed by atoms with van der Waals surface area (Å²) in [7, 11) is -4.43. The molecule has 2 N–H and O–H groups in total. The molecule has 1 saturated heterocycles. The minimum Gasteiger partial charge on any atom is -0.444 e. The van der Waals surface area contributed by atoms with Crippen molar-refractivity contribution in [3.63, 3.8) is 0 Å². The number of allylic oxidation sites excluding steroid dienone is 2. The Bertz CT molecular complexity index is 1840. The number of Topliss-reactive ketones (excluding diaryl/α,β-unsaturated/α-hetero) is 1. The molecule has 14 heteroatoms. The summed E-state index contributed by atoms with van der Waals surface area (Å²) in [5, 5.41) is 2.49. The second-order valence-electron chi connectivity index (χ2n) is 14.2. The maximum atomic E-state index is 14.3. The molecular formula is C37H43FN4O8S. The molecule has 4 aliphatic rings. The minimum absolute atomic E-state index is 0.00828. The molecule has 51 heavy (non-hydrogen) atoms. The lowest BCUT2D eigenvalue weighted by atomic mass is 9.91. The lowest BCUT2D eigenvalue weighted by Crippen LogP contribution is -2.46. The fourth-order valence-electron chi connectivity index (χ4n) is 7.44. The van der Waals surface area contributed by atoms with E-state index in [1.165, 1.54) is 15.9 Å². The third kappa shape index (κ3) is 8.32. The highest BCUT2D eigenvalue weighted by Gasteiger charge is 2.61. The Balaban J connectivity index is 1.17. The van der Waals surface area contributed by atoms with Gasteiger partial charge in [-0.2, -0.15) is 0 Å². The van der Waals surface area contributed by atoms with Crippen LogP contribution >= 0.6 is 0 Å². The Hall–Kier alpha value is -4.59. The topological polar surface area (TPSA) is 159 Å². The monoisotopic (exact) mass is 722 g/mol. The molecule has 0 unspecified atom stereocenters. The zero-order valence-electron chi connectivity index (χ0n) is 28.5. The van der Waals surface area contributed by atoms with Gasteiger partial charge < -0.3 is 15.0 Å². The van der Waals surface area contributed by atoms with Crippen LogP contribution in [0.4, 0.5) is 14.9 Å². The van der Waals surface area contributed by atoms with Crippen LogP contribution in [0.3, 0.4) is 0 Å². The van der Waals surface area contributed by atoms with Gasteiger partial charge in [-0.05, 0) is 55.4 Å². The van der Waals surface area contributed by atoms with Crippen molar-refractivity contribution in [3.05, 3.63) is 77.6 Å². The van der Waals surface area contributed by atoms with Crippen molar-refractivity contribution >= 4 is 45.3 Å². The van der Waals surface area contributed by atoms with Crippen molar-refractivity contribution in [2.24, 2.45) is 17.3 Å². The number of amides is 4. The first-order chi connectivity index (χ1) is 24.3. The molecule has 2 fully saturated rings. The van der Waals surface area contributed by atoms with Crippen molar-refractivity contribution in [1.29, 1.82) is 0 Å². The first-order valence-corrected chi connectivity index (χ1v) is 19.1. The standard InChI is InChI=1S/C37H43FN4O8S/c1-24-11-6-3-2-4-7-13-26-18-37(26,35(46)40-51(48,49)23-33(44)39-27-14-8-5-9-15-27)19-32(43)31-17-28(21-42(31)34(24)45)50-36(47)41-20-25-12-10-16-30(38)29(25)22-41/h5,7-10,12-16,24,26,28,31H,2-4,6,11,17-23H2,1H3,(H,39,44)(H,40,46)/b13-7-/t24-,26+,28+,31-,37+/m0/s1. The number of nitrogens with zero attached hydrogens (tertiary/aromatic N) is 2. The number of para-hydroxylation sites is 1. The number of halogens is 1. The van der Waals surface area contributed by atoms with Gasteiger partial charge in [0.2, 0.25) is 27.7 Å². The zero-order chi connectivity index (χ0) is 36.3. The van der Waals surface area contributed by atoms with Crippen LogP contribution < -0.4 is 10.0 Å². The number of hydrogen-bond donors (Lipinski definition) is 2. The highest BCUT2D eigenvalue weighted by molar-refractivity contribution is 7.90. The van der Waals surface area contributed by atoms with Gasteiger partial charge in [-0.3, -0.25) is 28.8 Å². The summed E-state index contributed by atoms with van der Waals surface area (Å²) in [5.74, 6) is -4.63. The smallest absolute Gasteiger partial charge is 0.410 e. The van der Waals surface area contributed by atoms with Crippen LogP contribution in [0.25, 0.3) is 0 Å². The maximum Gasteiger partial charge on any atom is 0.410 e. The van der Waals surface area contributed by atoms with E-state index in [1.54, 1.807) is 42.5 Å². The summed E-state index contributed by atoms with van der Waals surface area (Å²) >= 11 is 0. The van der Waals surface area contributed by atoms with Crippen LogP contribution in [0.2, 0.25) is 0 Å². The molecule has 0 aromatic heterocycles. The van der Waals surface area contributed by atoms with E-state index in [4.69, 9.17) is 4.74 Å². The molecular weight excluding hydrogens is 679 g/mol. The lowest BCUT2D eigenvalue weighted by Gasteiger charge is -2.27. The molecule has 272 valence electrons. The van der Waals surface area contributed by atoms with Crippen LogP contribution in [0.1, 0.15) is 69.4 Å². The third-order valence-corrected chi connectivity index (χ3v) is 11.5. The molecule has 12 nitrogen and oxygen atoms in total. The first kappa shape index (κ1) is 36.2. The second kappa shape index (κ2) is 14.9. The fourth-order valence-corrected chi connectivity index (χ4v) is 8.42. The zero-order valence-corrected chi connectivity index (χ0v) is 29.3. The molecule has 3 heterocycles. The van der Waals surface area contributed by atoms with Crippen molar-refractivity contribution in [3.8, 4) is 0 Å². The molecule has 1 saturated carbocycles. The van der Waals surface area contributed by atoms with Crippen molar-refractivity contribution in [2.75, 3.05) is 17.6 Å². The van der Waals surface area contributed by atoms with Gasteiger partial charge in [0, 0.05) is 36.6 Å². The van der Waals surface area contributed by atoms with Crippen LogP contribution in [0.15, 0.2) is 60.7 Å². The Morgan fingerprint density at radius 2 is 1.80 bits per heavy atom. The van der Waals surface area contributed by atoms with Crippen molar-refractivity contribution in [1.82, 2.24) is 14.5 Å². The summed E-state index contributed by atoms with van der Waals surface area (Å²) in [6, 6.07) is 12.0. The number of hydrogen-bond acceptors (Lipinski definition) is 8. The largest absolute Gasteiger partial charge is 0.444 e. The van der Waals surface area contributed by atoms with Crippen LogP contribution in [0.5, 0.6) is 0 Å². The quantitative estimate of drug-likeness (QED) is 0.414. The third-order valence-electron chi connectivity index (χ3n) is 10.4. The molecule has 1 aliphatic carbocycles. The van der Waals surface area contributed by atoms with Crippen molar-refractivity contribution < 1.29 is 41.5 Å². The second-order valence-corrected chi connectivity index (χ2v) is 15.9. The highest BCUT2D eigenvalue weighted by atomic mass is 32.2. The van der Waals surface area contributed by atoms with Gasteiger partial charge in [0.25, 0.3) is 0 Å². The number of nitrogens with one attached hydrogen (secondary N) is 2. The summed E-state index contributed by atoms with van der Waals surface area (Å²) in [6.07, 6.45) is 6.07. The fraction of sp³-hybridized carbons (Fsp3) is 0.486. The average molecular weight is 723 g/mol. The van der Waals surface area contributed by atoms with E-state index in [1.807, 2.05) is 23.8 Å². The van der Waals surface area contributed by atoms with Gasteiger partial charge in [-0.15, -0.1) is 0 Å². The van der Waals surface area contributed by atoms with E-state index in [9.17, 15) is 36.8 Å². The normalized spacial score (nSPS) is 27.3. The van der Waals surface area contributed by atoms with Crippen molar-refractivity contribution in [2.45, 2.75) is 83.5 Å². The molecule has 4 amide bonds. The Morgan fingerprint density at radius 3 is 2.57 bits per heavy atom. The van der Waals surface area contributed by atoms with E-state index in [2.05, 4.69) is 5.32 Å². The van der Waals surface area contributed by atoms with Crippen LogP contribution in [-0.2, 0) is 47.0 Å². The van der Waals surface area contributed by atoms with Gasteiger partial charge in [-0.1, -0.05) is 62.2 Å². The molecule has 2 aromatic carbocycles. The van der Waals surface area contributed by atoms with Crippen LogP contribution in [0, 0.1) is 23.1 Å². The van der Waals surface area contributed by atoms with Gasteiger partial charge in [0.1, 0.15) is 17.7 Å². The van der Waals surface area contributed by atoms with Gasteiger partial charge in [0.05, 0.1) is 24.5 Å². The maximum absolute atomic E-state index is 14.3. The molecule has 0 spiro atoms. The Labute approximate surface area is 296 Å². The predicted molar refractivity (Wildman–Crippen MR) is 185 cm³/mol. The highest BCUT2D eigenvalue weighted by Crippen LogP contribution is 2.57. The van der Waals surface area contributed by atoms with E-state index in [0.717, 1.165) is 25.7 Å².